The van der Waals surface area contributed by atoms with Gasteiger partial charge in [0.1, 0.15) is 17.8 Å². The molecule has 17 heteroatoms. The third kappa shape index (κ3) is 10.2. The summed E-state index contributed by atoms with van der Waals surface area (Å²) in [6.45, 7) is 16.2. The van der Waals surface area contributed by atoms with Crippen molar-refractivity contribution in [3.05, 3.63) is 82.1 Å². The zero-order chi connectivity index (χ0) is 42.9. The van der Waals surface area contributed by atoms with E-state index in [1.807, 2.05) is 55.5 Å². The lowest BCUT2D eigenvalue weighted by Gasteiger charge is -2.41. The molecule has 0 radical (unpaired) electrons. The highest BCUT2D eigenvalue weighted by Gasteiger charge is 2.42. The van der Waals surface area contributed by atoms with Crippen LogP contribution < -0.4 is 5.69 Å². The molecule has 0 N–H and O–H groups in total. The van der Waals surface area contributed by atoms with Gasteiger partial charge in [0.25, 0.3) is 0 Å². The summed E-state index contributed by atoms with van der Waals surface area (Å²) in [5.74, 6) is 1.45. The van der Waals surface area contributed by atoms with E-state index in [-0.39, 0.29) is 23.1 Å². The first kappa shape index (κ1) is 43.4. The first-order valence-corrected chi connectivity index (χ1v) is 21.7. The number of hydrogen-bond donors (Lipinski definition) is 0. The number of carbonyl (C=O) groups excluding carboxylic acids is 1. The molecule has 332 valence electrons. The van der Waals surface area contributed by atoms with Crippen LogP contribution in [0.2, 0.25) is 0 Å². The van der Waals surface area contributed by atoms with Crippen LogP contribution >= 0.6 is 0 Å². The molecule has 1 aromatic carbocycles. The SMILES string of the molecule is Cn1cnnc1CC1(c2cccc(-n3cc4c(C(F)(F)F)cc(CN5CCC(OCCN6CCC(CN7CCN(C(=O)OC(C)(C)C)CC7)CC6)CC5)cn4c3=O)c2)COC1. The molecule has 61 heavy (non-hydrogen) atoms. The summed E-state index contributed by atoms with van der Waals surface area (Å²) in [5.41, 5.74) is -0.585. The van der Waals surface area contributed by atoms with Gasteiger partial charge in [0, 0.05) is 90.2 Å². The predicted molar refractivity (Wildman–Crippen MR) is 223 cm³/mol. The van der Waals surface area contributed by atoms with Crippen molar-refractivity contribution in [1.82, 2.24) is 43.3 Å². The highest BCUT2D eigenvalue weighted by molar-refractivity contribution is 5.68. The Morgan fingerprint density at radius 1 is 0.918 bits per heavy atom. The van der Waals surface area contributed by atoms with Gasteiger partial charge in [0.2, 0.25) is 0 Å². The number of benzene rings is 1. The van der Waals surface area contributed by atoms with E-state index in [1.165, 1.54) is 16.8 Å². The fourth-order valence-corrected chi connectivity index (χ4v) is 9.26. The van der Waals surface area contributed by atoms with Gasteiger partial charge in [-0.1, -0.05) is 12.1 Å². The number of aromatic nitrogens is 5. The summed E-state index contributed by atoms with van der Waals surface area (Å²) in [7, 11) is 1.88. The van der Waals surface area contributed by atoms with Gasteiger partial charge in [-0.2, -0.15) is 13.2 Å². The number of piperazine rings is 1. The number of fused-ring (bicyclic) bond motifs is 1. The first-order chi connectivity index (χ1) is 29.1. The zero-order valence-electron chi connectivity index (χ0n) is 35.9. The number of hydrogen-bond acceptors (Lipinski definition) is 10. The van der Waals surface area contributed by atoms with Crippen molar-refractivity contribution in [2.45, 2.75) is 82.7 Å². The molecule has 4 fully saturated rings. The summed E-state index contributed by atoms with van der Waals surface area (Å²) < 4.78 is 65.6. The molecule has 4 aromatic rings. The number of aryl methyl sites for hydroxylation is 1. The third-order valence-corrected chi connectivity index (χ3v) is 12.9. The quantitative estimate of drug-likeness (QED) is 0.193. The molecule has 1 amide bonds. The van der Waals surface area contributed by atoms with Crippen LogP contribution in [0.1, 0.15) is 69.0 Å². The van der Waals surface area contributed by atoms with E-state index in [9.17, 15) is 22.8 Å². The maximum atomic E-state index is 14.6. The van der Waals surface area contributed by atoms with Crippen molar-refractivity contribution in [3.8, 4) is 5.69 Å². The maximum Gasteiger partial charge on any atom is 0.418 e. The van der Waals surface area contributed by atoms with Crippen LogP contribution in [0, 0.1) is 5.92 Å². The molecule has 4 saturated heterocycles. The predicted octanol–water partition coefficient (Wildman–Crippen LogP) is 4.99. The van der Waals surface area contributed by atoms with E-state index in [0.29, 0.717) is 76.1 Å². The number of rotatable bonds is 12. The number of nitrogens with zero attached hydrogens (tertiary/aromatic N) is 9. The Bertz CT molecular complexity index is 2190. The minimum atomic E-state index is -4.65. The average molecular weight is 852 g/mol. The lowest BCUT2D eigenvalue weighted by atomic mass is 9.75. The highest BCUT2D eigenvalue weighted by Crippen LogP contribution is 2.37. The molecular weight excluding hydrogens is 792 g/mol. The Morgan fingerprint density at radius 2 is 1.64 bits per heavy atom. The van der Waals surface area contributed by atoms with Crippen molar-refractivity contribution < 1.29 is 32.2 Å². The molecule has 4 aliphatic rings. The fraction of sp³-hybridized carbons (Fsp3) is 0.636. The highest BCUT2D eigenvalue weighted by atomic mass is 19.4. The van der Waals surface area contributed by atoms with Crippen molar-refractivity contribution >= 4 is 11.6 Å². The molecule has 4 aliphatic heterocycles. The fourth-order valence-electron chi connectivity index (χ4n) is 9.26. The number of amides is 1. The van der Waals surface area contributed by atoms with Crippen molar-refractivity contribution in [2.75, 3.05) is 85.3 Å². The summed E-state index contributed by atoms with van der Waals surface area (Å²) in [5, 5.41) is 8.24. The number of halogens is 3. The number of carbonyl (C=O) groups is 1. The van der Waals surface area contributed by atoms with Crippen LogP contribution in [-0.4, -0.2) is 146 Å². The summed E-state index contributed by atoms with van der Waals surface area (Å²) in [6.07, 6.45) is 4.21. The van der Waals surface area contributed by atoms with Crippen LogP contribution in [0.3, 0.4) is 0 Å². The van der Waals surface area contributed by atoms with Crippen molar-refractivity contribution in [1.29, 1.82) is 0 Å². The van der Waals surface area contributed by atoms with Gasteiger partial charge in [0.15, 0.2) is 0 Å². The molecule has 0 unspecified atom stereocenters. The van der Waals surface area contributed by atoms with Gasteiger partial charge in [-0.15, -0.1) is 10.2 Å². The standard InChI is InChI=1S/C44H60F3N9O5/c1-42(2,3)61-41(58)54-18-16-53(17-19-54)25-32-8-12-51(13-9-32)20-21-60-36-10-14-52(15-11-36)26-33-22-37(44(45,46)47)38-28-55(40(57)56(38)27-33)35-7-5-6-34(23-35)43(29-59-30-43)24-39-49-48-31-50(39)4/h5-7,22-23,27-28,31-32,36H,8-21,24-26,29-30H2,1-4H3. The molecule has 3 aromatic heterocycles. The zero-order valence-corrected chi connectivity index (χ0v) is 35.9. The molecule has 0 atom stereocenters. The molecular formula is C44H60F3N9O5. The van der Waals surface area contributed by atoms with Gasteiger partial charge >= 0.3 is 18.0 Å². The van der Waals surface area contributed by atoms with Crippen LogP contribution in [0.15, 0.2) is 53.8 Å². The Morgan fingerprint density at radius 3 is 2.28 bits per heavy atom. The van der Waals surface area contributed by atoms with Gasteiger partial charge in [-0.25, -0.2) is 9.59 Å². The van der Waals surface area contributed by atoms with E-state index >= 15 is 0 Å². The van der Waals surface area contributed by atoms with Gasteiger partial charge in [-0.3, -0.25) is 18.8 Å². The van der Waals surface area contributed by atoms with E-state index in [1.54, 1.807) is 18.6 Å². The lowest BCUT2D eigenvalue weighted by molar-refractivity contribution is -0.136. The third-order valence-electron chi connectivity index (χ3n) is 12.9. The Labute approximate surface area is 355 Å². The lowest BCUT2D eigenvalue weighted by Crippen LogP contribution is -2.51. The number of alkyl halides is 3. The molecule has 0 bridgehead atoms. The Kier molecular flexibility index (Phi) is 12.7. The second-order valence-electron chi connectivity index (χ2n) is 18.6. The molecule has 7 heterocycles. The Balaban J connectivity index is 0.812. The summed E-state index contributed by atoms with van der Waals surface area (Å²) in [4.78, 5) is 35.2. The van der Waals surface area contributed by atoms with Crippen LogP contribution in [0.5, 0.6) is 0 Å². The first-order valence-electron chi connectivity index (χ1n) is 21.7. The molecule has 0 saturated carbocycles. The minimum Gasteiger partial charge on any atom is -0.444 e. The van der Waals surface area contributed by atoms with Crippen molar-refractivity contribution in [3.63, 3.8) is 0 Å². The van der Waals surface area contributed by atoms with Gasteiger partial charge < -0.3 is 28.6 Å². The van der Waals surface area contributed by atoms with Crippen LogP contribution in [-0.2, 0) is 45.8 Å². The molecule has 14 nitrogen and oxygen atoms in total. The monoisotopic (exact) mass is 851 g/mol. The minimum absolute atomic E-state index is 0.111. The van der Waals surface area contributed by atoms with Crippen LogP contribution in [0.4, 0.5) is 18.0 Å². The average Bonchev–Trinajstić information content (AvgIpc) is 3.77. The number of pyridine rings is 1. The second kappa shape index (κ2) is 17.8. The van der Waals surface area contributed by atoms with Gasteiger partial charge in [-0.05, 0) is 94.8 Å². The number of ether oxygens (including phenoxy) is 3. The molecule has 8 rings (SSSR count). The van der Waals surface area contributed by atoms with E-state index in [4.69, 9.17) is 14.2 Å². The van der Waals surface area contributed by atoms with Crippen LogP contribution in [0.25, 0.3) is 11.2 Å². The topological polar surface area (TPSA) is 115 Å². The van der Waals surface area contributed by atoms with Gasteiger partial charge in [0.05, 0.1) is 42.7 Å². The smallest absolute Gasteiger partial charge is 0.418 e. The van der Waals surface area contributed by atoms with E-state index < -0.39 is 23.0 Å². The number of piperidine rings is 2. The maximum absolute atomic E-state index is 14.6. The normalized spacial score (nSPS) is 20.3. The number of likely N-dealkylation sites (tertiary alicyclic amines) is 2. The number of imidazole rings is 1. The second-order valence-corrected chi connectivity index (χ2v) is 18.6. The summed E-state index contributed by atoms with van der Waals surface area (Å²) >= 11 is 0. The molecule has 0 aliphatic carbocycles. The summed E-state index contributed by atoms with van der Waals surface area (Å²) in [6, 6.07) is 8.58. The van der Waals surface area contributed by atoms with E-state index in [2.05, 4.69) is 24.9 Å². The Hall–Kier alpha value is -4.29. The largest absolute Gasteiger partial charge is 0.444 e. The van der Waals surface area contributed by atoms with Crippen molar-refractivity contribution in [2.24, 2.45) is 13.0 Å². The van der Waals surface area contributed by atoms with E-state index in [0.717, 1.165) is 80.7 Å². The molecule has 0 spiro atoms.